The third-order valence-electron chi connectivity index (χ3n) is 6.31. The Labute approximate surface area is 166 Å². The molecule has 2 aliphatic rings. The monoisotopic (exact) mass is 409 g/mol. The smallest absolute Gasteiger partial charge is 0.199 e. The Hall–Kier alpha value is -0.600. The molecule has 1 aromatic carbocycles. The summed E-state index contributed by atoms with van der Waals surface area (Å²) < 4.78 is 30.9. The molecule has 0 bridgehead atoms. The predicted octanol–water partition coefficient (Wildman–Crippen LogP) is 6.78. The van der Waals surface area contributed by atoms with E-state index in [-0.39, 0.29) is 0 Å². The maximum absolute atomic E-state index is 13.1. The van der Waals surface area contributed by atoms with Crippen molar-refractivity contribution < 1.29 is 8.42 Å². The van der Waals surface area contributed by atoms with Crippen molar-refractivity contribution in [2.45, 2.75) is 107 Å². The highest BCUT2D eigenvalue weighted by Crippen LogP contribution is 2.50. The van der Waals surface area contributed by atoms with Crippen LogP contribution in [0.1, 0.15) is 89.5 Å². The lowest BCUT2D eigenvalue weighted by atomic mass is 10.00. The fourth-order valence-electron chi connectivity index (χ4n) is 4.68. The molecule has 0 aromatic heterocycles. The fourth-order valence-corrected chi connectivity index (χ4v) is 10.6. The maximum atomic E-state index is 13.1. The highest BCUT2D eigenvalue weighted by Gasteiger charge is 2.28. The highest BCUT2D eigenvalue weighted by molar-refractivity contribution is 7.92. The van der Waals surface area contributed by atoms with Crippen LogP contribution in [0.2, 0.25) is 0 Å². The van der Waals surface area contributed by atoms with Crippen LogP contribution in [-0.4, -0.2) is 19.7 Å². The minimum Gasteiger partial charge on any atom is -0.199 e. The number of benzene rings is 1. The number of rotatable bonds is 7. The van der Waals surface area contributed by atoms with Crippen LogP contribution in [0.15, 0.2) is 33.3 Å². The number of unbranched alkanes of at least 4 members (excludes halogenated alkanes) is 1. The number of hydrogen-bond donors (Lipinski definition) is 0. The molecule has 0 aliphatic heterocycles. The van der Waals surface area contributed by atoms with Gasteiger partial charge in [-0.3, -0.25) is 0 Å². The molecule has 3 nitrogen and oxygen atoms in total. The zero-order chi connectivity index (χ0) is 19.1. The summed E-state index contributed by atoms with van der Waals surface area (Å²) in [5.74, 6) is 0. The number of sulfonamides is 1. The van der Waals surface area contributed by atoms with Gasteiger partial charge in [0, 0.05) is 0 Å². The van der Waals surface area contributed by atoms with Gasteiger partial charge in [-0.25, -0.2) is 0 Å². The lowest BCUT2D eigenvalue weighted by Gasteiger charge is -2.32. The zero-order valence-electron chi connectivity index (χ0n) is 16.8. The van der Waals surface area contributed by atoms with E-state index in [1.165, 1.54) is 69.8 Å². The molecule has 0 heterocycles. The van der Waals surface area contributed by atoms with Gasteiger partial charge in [-0.1, -0.05) is 64.0 Å². The van der Waals surface area contributed by atoms with Crippen molar-refractivity contribution in [1.29, 1.82) is 0 Å². The standard InChI is InChI=1S/C22H36NO2PS/c1-2-3-10-19-15-17-22(18-16-19)27(24,25)23-26(20-11-6-4-7-12-20)21-13-8-5-9-14-21/h15-18,20-21,26H,2-14H2,1H3. The molecule has 0 amide bonds. The normalized spacial score (nSPS) is 20.1. The fraction of sp³-hybridized carbons (Fsp3) is 0.727. The second-order valence-electron chi connectivity index (χ2n) is 8.41. The van der Waals surface area contributed by atoms with E-state index < -0.39 is 17.7 Å². The van der Waals surface area contributed by atoms with Crippen LogP contribution in [0.25, 0.3) is 0 Å². The van der Waals surface area contributed by atoms with E-state index in [4.69, 9.17) is 4.15 Å². The van der Waals surface area contributed by atoms with E-state index in [9.17, 15) is 8.42 Å². The van der Waals surface area contributed by atoms with Gasteiger partial charge >= 0.3 is 0 Å². The third-order valence-corrected chi connectivity index (χ3v) is 11.8. The molecule has 0 N–H and O–H groups in total. The Balaban J connectivity index is 1.84. The van der Waals surface area contributed by atoms with Gasteiger partial charge in [0.2, 0.25) is 0 Å². The average molecular weight is 410 g/mol. The molecule has 1 aromatic rings. The van der Waals surface area contributed by atoms with E-state index >= 15 is 0 Å². The molecule has 0 spiro atoms. The van der Waals surface area contributed by atoms with E-state index in [2.05, 4.69) is 6.92 Å². The van der Waals surface area contributed by atoms with Crippen LogP contribution >= 0.6 is 7.71 Å². The zero-order valence-corrected chi connectivity index (χ0v) is 18.6. The molecule has 0 atom stereocenters. The van der Waals surface area contributed by atoms with Gasteiger partial charge in [0.05, 0.1) is 4.90 Å². The van der Waals surface area contributed by atoms with E-state index in [1.807, 2.05) is 12.1 Å². The van der Waals surface area contributed by atoms with Gasteiger partial charge in [-0.2, -0.15) is 12.6 Å². The minimum atomic E-state index is -3.53. The van der Waals surface area contributed by atoms with Crippen LogP contribution in [0.5, 0.6) is 0 Å². The number of aryl methyl sites for hydroxylation is 1. The largest absolute Gasteiger partial charge is 0.280 e. The summed E-state index contributed by atoms with van der Waals surface area (Å²) in [6.07, 6.45) is 15.7. The van der Waals surface area contributed by atoms with Gasteiger partial charge in [0.25, 0.3) is 10.0 Å². The van der Waals surface area contributed by atoms with Crippen molar-refractivity contribution >= 4 is 17.7 Å². The van der Waals surface area contributed by atoms with Crippen molar-refractivity contribution in [2.75, 3.05) is 0 Å². The molecular weight excluding hydrogens is 373 g/mol. The van der Waals surface area contributed by atoms with Crippen LogP contribution in [-0.2, 0) is 16.4 Å². The highest BCUT2D eigenvalue weighted by atomic mass is 32.2. The first kappa shape index (κ1) is 21.1. The average Bonchev–Trinajstić information content (AvgIpc) is 2.72. The van der Waals surface area contributed by atoms with Gasteiger partial charge in [0.1, 0.15) is 0 Å². The summed E-state index contributed by atoms with van der Waals surface area (Å²) in [7, 11) is -4.76. The van der Waals surface area contributed by atoms with Gasteiger partial charge in [-0.15, -0.1) is 0 Å². The van der Waals surface area contributed by atoms with E-state index in [0.717, 1.165) is 19.3 Å². The Morgan fingerprint density at radius 1 is 0.889 bits per heavy atom. The Morgan fingerprint density at radius 2 is 1.41 bits per heavy atom. The molecule has 3 rings (SSSR count). The molecule has 5 heteroatoms. The van der Waals surface area contributed by atoms with Crippen LogP contribution < -0.4 is 0 Å². The van der Waals surface area contributed by atoms with Crippen molar-refractivity contribution in [2.24, 2.45) is 4.15 Å². The maximum Gasteiger partial charge on any atom is 0.280 e. The van der Waals surface area contributed by atoms with Gasteiger partial charge < -0.3 is 0 Å². The number of nitrogens with zero attached hydrogens (tertiary/aromatic N) is 1. The molecule has 0 saturated heterocycles. The molecule has 152 valence electrons. The molecule has 0 radical (unpaired) electrons. The summed E-state index contributed by atoms with van der Waals surface area (Å²) in [6.45, 7) is 2.18. The van der Waals surface area contributed by atoms with Crippen molar-refractivity contribution in [3.05, 3.63) is 29.8 Å². The summed E-state index contributed by atoms with van der Waals surface area (Å²) in [6, 6.07) is 7.52. The molecule has 2 fully saturated rings. The quantitative estimate of drug-likeness (QED) is 0.466. The second-order valence-corrected chi connectivity index (χ2v) is 13.0. The first-order valence-electron chi connectivity index (χ1n) is 11.0. The van der Waals surface area contributed by atoms with Gasteiger partial charge in [-0.05, 0) is 75.3 Å². The lowest BCUT2D eigenvalue weighted by molar-refractivity contribution is 0.487. The second kappa shape index (κ2) is 10.3. The minimum absolute atomic E-state index is 0.400. The summed E-state index contributed by atoms with van der Waals surface area (Å²) >= 11 is 0. The topological polar surface area (TPSA) is 46.5 Å². The number of hydrogen-bond acceptors (Lipinski definition) is 2. The summed E-state index contributed by atoms with van der Waals surface area (Å²) in [4.78, 5) is 0.400. The lowest BCUT2D eigenvalue weighted by Crippen LogP contribution is -2.17. The van der Waals surface area contributed by atoms with E-state index in [0.29, 0.717) is 16.2 Å². The Kier molecular flexibility index (Phi) is 8.02. The predicted molar refractivity (Wildman–Crippen MR) is 117 cm³/mol. The molecule has 2 aliphatic carbocycles. The van der Waals surface area contributed by atoms with Crippen molar-refractivity contribution in [3.63, 3.8) is 0 Å². The third kappa shape index (κ3) is 5.94. The van der Waals surface area contributed by atoms with Crippen LogP contribution in [0.4, 0.5) is 0 Å². The van der Waals surface area contributed by atoms with Crippen LogP contribution in [0, 0.1) is 0 Å². The molecule has 2 saturated carbocycles. The first-order valence-corrected chi connectivity index (χ1v) is 14.1. The van der Waals surface area contributed by atoms with Crippen molar-refractivity contribution in [3.8, 4) is 0 Å². The van der Waals surface area contributed by atoms with Crippen molar-refractivity contribution in [1.82, 2.24) is 0 Å². The van der Waals surface area contributed by atoms with Gasteiger partial charge in [0.15, 0.2) is 0 Å². The summed E-state index contributed by atoms with van der Waals surface area (Å²) in [5.41, 5.74) is 2.34. The SMILES string of the molecule is CCCCc1ccc(S(=O)(=O)N=[PH](C2CCCCC2)C2CCCCC2)cc1. The first-order chi connectivity index (χ1) is 13.1. The van der Waals surface area contributed by atoms with Crippen LogP contribution in [0.3, 0.4) is 0 Å². The Morgan fingerprint density at radius 3 is 1.89 bits per heavy atom. The summed E-state index contributed by atoms with van der Waals surface area (Å²) in [5, 5.41) is 0. The van der Waals surface area contributed by atoms with E-state index in [1.54, 1.807) is 12.1 Å². The molecule has 27 heavy (non-hydrogen) atoms. The molecule has 0 unspecified atom stereocenters. The Bertz CT molecular complexity index is 695. The molecular formula is C22H36NO2PS.